The van der Waals surface area contributed by atoms with Crippen LogP contribution in [0.5, 0.6) is 5.75 Å². The summed E-state index contributed by atoms with van der Waals surface area (Å²) in [6, 6.07) is 7.08. The predicted octanol–water partition coefficient (Wildman–Crippen LogP) is 1.19. The topological polar surface area (TPSA) is 70.3 Å². The van der Waals surface area contributed by atoms with Crippen LogP contribution in [0.4, 0.5) is 0 Å². The van der Waals surface area contributed by atoms with Gasteiger partial charge in [-0.2, -0.15) is 5.26 Å². The summed E-state index contributed by atoms with van der Waals surface area (Å²) >= 11 is 0. The summed E-state index contributed by atoms with van der Waals surface area (Å²) in [4.78, 5) is 10.8. The van der Waals surface area contributed by atoms with E-state index in [4.69, 9.17) is 15.1 Å². The zero-order valence-electron chi connectivity index (χ0n) is 7.93. The quantitative estimate of drug-likeness (QED) is 0.744. The standard InChI is InChI=1S/C11H9NO3/c12-5-7-1-2-10-8(3-7)4-9(6-15-10)11(13)14/h1-3,9H,4,6H2,(H,13,14). The maximum absolute atomic E-state index is 10.8. The molecule has 1 aromatic rings. The average molecular weight is 203 g/mol. The van der Waals surface area contributed by atoms with Crippen LogP contribution in [-0.2, 0) is 11.2 Å². The van der Waals surface area contributed by atoms with Gasteiger partial charge in [-0.1, -0.05) is 0 Å². The Morgan fingerprint density at radius 3 is 3.07 bits per heavy atom. The summed E-state index contributed by atoms with van der Waals surface area (Å²) < 4.78 is 5.31. The van der Waals surface area contributed by atoms with Gasteiger partial charge < -0.3 is 9.84 Å². The fraction of sp³-hybridized carbons (Fsp3) is 0.273. The number of carboxylic acids is 1. The van der Waals surface area contributed by atoms with Crippen LogP contribution in [0.2, 0.25) is 0 Å². The summed E-state index contributed by atoms with van der Waals surface area (Å²) in [5.41, 5.74) is 1.33. The van der Waals surface area contributed by atoms with E-state index in [0.717, 1.165) is 5.56 Å². The van der Waals surface area contributed by atoms with Crippen molar-refractivity contribution < 1.29 is 14.6 Å². The molecule has 0 spiro atoms. The maximum atomic E-state index is 10.8. The lowest BCUT2D eigenvalue weighted by molar-refractivity contribution is -0.143. The van der Waals surface area contributed by atoms with Crippen molar-refractivity contribution in [2.75, 3.05) is 6.61 Å². The number of hydrogen-bond donors (Lipinski definition) is 1. The van der Waals surface area contributed by atoms with E-state index in [1.165, 1.54) is 0 Å². The molecule has 4 heteroatoms. The molecule has 1 aliphatic heterocycles. The highest BCUT2D eigenvalue weighted by atomic mass is 16.5. The Morgan fingerprint density at radius 1 is 1.60 bits per heavy atom. The van der Waals surface area contributed by atoms with Crippen LogP contribution < -0.4 is 4.74 Å². The van der Waals surface area contributed by atoms with Crippen molar-refractivity contribution in [1.82, 2.24) is 0 Å². The Kier molecular flexibility index (Phi) is 2.30. The van der Waals surface area contributed by atoms with Crippen LogP contribution in [0.25, 0.3) is 0 Å². The van der Waals surface area contributed by atoms with E-state index in [1.807, 2.05) is 6.07 Å². The van der Waals surface area contributed by atoms with Crippen LogP contribution in [0.1, 0.15) is 11.1 Å². The smallest absolute Gasteiger partial charge is 0.310 e. The molecule has 15 heavy (non-hydrogen) atoms. The van der Waals surface area contributed by atoms with E-state index in [-0.39, 0.29) is 6.61 Å². The van der Waals surface area contributed by atoms with Gasteiger partial charge in [0.2, 0.25) is 0 Å². The number of rotatable bonds is 1. The number of benzene rings is 1. The molecule has 2 rings (SSSR count). The molecule has 1 aliphatic rings. The van der Waals surface area contributed by atoms with E-state index >= 15 is 0 Å². The first-order chi connectivity index (χ1) is 7.20. The predicted molar refractivity (Wildman–Crippen MR) is 51.5 cm³/mol. The lowest BCUT2D eigenvalue weighted by Gasteiger charge is -2.22. The monoisotopic (exact) mass is 203 g/mol. The number of nitriles is 1. The van der Waals surface area contributed by atoms with Gasteiger partial charge in [0.15, 0.2) is 0 Å². The number of ether oxygens (including phenoxy) is 1. The van der Waals surface area contributed by atoms with Crippen molar-refractivity contribution in [1.29, 1.82) is 5.26 Å². The minimum atomic E-state index is -0.858. The molecule has 0 bridgehead atoms. The highest BCUT2D eigenvalue weighted by Gasteiger charge is 2.25. The molecule has 1 unspecified atom stereocenters. The molecule has 1 atom stereocenters. The molecule has 0 radical (unpaired) electrons. The van der Waals surface area contributed by atoms with E-state index in [0.29, 0.717) is 17.7 Å². The summed E-state index contributed by atoms with van der Waals surface area (Å²) in [7, 11) is 0. The lowest BCUT2D eigenvalue weighted by Crippen LogP contribution is -2.27. The number of aliphatic carboxylic acids is 1. The molecule has 0 amide bonds. The molecule has 1 heterocycles. The fourth-order valence-electron chi connectivity index (χ4n) is 1.62. The molecule has 0 aromatic heterocycles. The van der Waals surface area contributed by atoms with Crippen molar-refractivity contribution in [2.45, 2.75) is 6.42 Å². The minimum Gasteiger partial charge on any atom is -0.492 e. The van der Waals surface area contributed by atoms with Crippen molar-refractivity contribution >= 4 is 5.97 Å². The third-order valence-electron chi connectivity index (χ3n) is 2.45. The van der Waals surface area contributed by atoms with Crippen LogP contribution >= 0.6 is 0 Å². The second-order valence-corrected chi connectivity index (χ2v) is 3.48. The van der Waals surface area contributed by atoms with E-state index in [9.17, 15) is 4.79 Å². The molecule has 0 saturated heterocycles. The Labute approximate surface area is 86.7 Å². The van der Waals surface area contributed by atoms with Gasteiger partial charge >= 0.3 is 5.97 Å². The highest BCUT2D eigenvalue weighted by molar-refractivity contribution is 5.71. The van der Waals surface area contributed by atoms with Gasteiger partial charge in [0.1, 0.15) is 12.4 Å². The summed E-state index contributed by atoms with van der Waals surface area (Å²) in [5.74, 6) is -0.680. The Bertz CT molecular complexity index is 448. The van der Waals surface area contributed by atoms with Crippen molar-refractivity contribution in [3.05, 3.63) is 29.3 Å². The van der Waals surface area contributed by atoms with Gasteiger partial charge in [0.05, 0.1) is 17.6 Å². The van der Waals surface area contributed by atoms with Crippen molar-refractivity contribution in [3.8, 4) is 11.8 Å². The van der Waals surface area contributed by atoms with Crippen LogP contribution in [0, 0.1) is 17.2 Å². The molecular formula is C11H9NO3. The van der Waals surface area contributed by atoms with Gasteiger partial charge in [-0.05, 0) is 30.2 Å². The Hall–Kier alpha value is -2.02. The second kappa shape index (κ2) is 3.62. The fourth-order valence-corrected chi connectivity index (χ4v) is 1.62. The Morgan fingerprint density at radius 2 is 2.40 bits per heavy atom. The first-order valence-electron chi connectivity index (χ1n) is 4.59. The molecule has 0 fully saturated rings. The molecule has 4 nitrogen and oxygen atoms in total. The minimum absolute atomic E-state index is 0.203. The SMILES string of the molecule is N#Cc1ccc2c(c1)CC(C(=O)O)CO2. The number of nitrogens with zero attached hydrogens (tertiary/aromatic N) is 1. The highest BCUT2D eigenvalue weighted by Crippen LogP contribution is 2.28. The van der Waals surface area contributed by atoms with Crippen LogP contribution in [0.15, 0.2) is 18.2 Å². The largest absolute Gasteiger partial charge is 0.492 e. The molecule has 0 aliphatic carbocycles. The van der Waals surface area contributed by atoms with Gasteiger partial charge in [-0.15, -0.1) is 0 Å². The number of carbonyl (C=O) groups is 1. The normalized spacial score (nSPS) is 18.5. The Balaban J connectivity index is 2.32. The molecule has 76 valence electrons. The number of carboxylic acid groups (broad SMARTS) is 1. The van der Waals surface area contributed by atoms with Gasteiger partial charge in [0.25, 0.3) is 0 Å². The third kappa shape index (κ3) is 1.77. The molecule has 1 N–H and O–H groups in total. The number of fused-ring (bicyclic) bond motifs is 1. The van der Waals surface area contributed by atoms with Crippen molar-refractivity contribution in [3.63, 3.8) is 0 Å². The van der Waals surface area contributed by atoms with Crippen molar-refractivity contribution in [2.24, 2.45) is 5.92 Å². The second-order valence-electron chi connectivity index (χ2n) is 3.48. The summed E-state index contributed by atoms with van der Waals surface area (Å²) in [6.45, 7) is 0.203. The number of hydrogen-bond acceptors (Lipinski definition) is 3. The average Bonchev–Trinajstić information content (AvgIpc) is 2.27. The zero-order valence-corrected chi connectivity index (χ0v) is 7.93. The third-order valence-corrected chi connectivity index (χ3v) is 2.45. The summed E-state index contributed by atoms with van der Waals surface area (Å²) in [6.07, 6.45) is 0.431. The first-order valence-corrected chi connectivity index (χ1v) is 4.59. The van der Waals surface area contributed by atoms with E-state index < -0.39 is 11.9 Å². The molecule has 0 saturated carbocycles. The molecular weight excluding hydrogens is 194 g/mol. The summed E-state index contributed by atoms with van der Waals surface area (Å²) in [5, 5.41) is 17.6. The van der Waals surface area contributed by atoms with Crippen LogP contribution in [-0.4, -0.2) is 17.7 Å². The van der Waals surface area contributed by atoms with Gasteiger partial charge in [-0.25, -0.2) is 0 Å². The van der Waals surface area contributed by atoms with Crippen LogP contribution in [0.3, 0.4) is 0 Å². The van der Waals surface area contributed by atoms with E-state index in [2.05, 4.69) is 0 Å². The lowest BCUT2D eigenvalue weighted by atomic mass is 9.96. The zero-order chi connectivity index (χ0) is 10.8. The molecule has 1 aromatic carbocycles. The van der Waals surface area contributed by atoms with Gasteiger partial charge in [-0.3, -0.25) is 4.79 Å². The van der Waals surface area contributed by atoms with E-state index in [1.54, 1.807) is 18.2 Å². The van der Waals surface area contributed by atoms with Gasteiger partial charge in [0, 0.05) is 0 Å². The first kappa shape index (κ1) is 9.53. The maximum Gasteiger partial charge on any atom is 0.310 e.